The SMILES string of the molecule is COc1cc(Br)c([C@@H]2C=C[C@H](c3c(Br)cc(OC)cc3Br)C2)c(Br)c1. The van der Waals surface area contributed by atoms with Crippen molar-refractivity contribution in [3.8, 4) is 11.5 Å². The molecule has 0 unspecified atom stereocenters. The van der Waals surface area contributed by atoms with E-state index in [2.05, 4.69) is 75.9 Å². The Hall–Kier alpha value is -0.300. The molecule has 132 valence electrons. The lowest BCUT2D eigenvalue weighted by Crippen LogP contribution is -2.01. The second-order valence-corrected chi connectivity index (χ2v) is 9.26. The molecule has 6 heteroatoms. The maximum Gasteiger partial charge on any atom is 0.121 e. The van der Waals surface area contributed by atoms with E-state index in [1.54, 1.807) is 14.2 Å². The Kier molecular flexibility index (Phi) is 6.35. The normalized spacial score (nSPS) is 19.3. The number of benzene rings is 2. The van der Waals surface area contributed by atoms with Gasteiger partial charge in [0.25, 0.3) is 0 Å². The molecular weight excluding hydrogens is 580 g/mol. The first kappa shape index (κ1) is 19.5. The van der Waals surface area contributed by atoms with Crippen LogP contribution in [0, 0.1) is 0 Å². The lowest BCUT2D eigenvalue weighted by molar-refractivity contribution is 0.414. The summed E-state index contributed by atoms with van der Waals surface area (Å²) < 4.78 is 14.9. The average molecular weight is 596 g/mol. The van der Waals surface area contributed by atoms with Gasteiger partial charge in [-0.3, -0.25) is 0 Å². The van der Waals surface area contributed by atoms with E-state index in [-0.39, 0.29) is 0 Å². The minimum atomic E-state index is 0.334. The van der Waals surface area contributed by atoms with Crippen molar-refractivity contribution < 1.29 is 9.47 Å². The van der Waals surface area contributed by atoms with Gasteiger partial charge in [-0.1, -0.05) is 75.9 Å². The first-order chi connectivity index (χ1) is 11.9. The minimum Gasteiger partial charge on any atom is -0.497 e. The summed E-state index contributed by atoms with van der Waals surface area (Å²) in [5.74, 6) is 2.34. The number of halogens is 4. The van der Waals surface area contributed by atoms with Crippen LogP contribution in [0.4, 0.5) is 0 Å². The second kappa shape index (κ2) is 8.15. The molecule has 25 heavy (non-hydrogen) atoms. The Balaban J connectivity index is 1.90. The first-order valence-corrected chi connectivity index (χ1v) is 10.9. The fourth-order valence-corrected chi connectivity index (χ4v) is 6.66. The third-order valence-electron chi connectivity index (χ3n) is 4.40. The fourth-order valence-electron chi connectivity index (χ4n) is 3.19. The van der Waals surface area contributed by atoms with Crippen LogP contribution in [0.2, 0.25) is 0 Å². The van der Waals surface area contributed by atoms with Gasteiger partial charge in [0.05, 0.1) is 14.2 Å². The van der Waals surface area contributed by atoms with Gasteiger partial charge in [-0.15, -0.1) is 0 Å². The number of hydrogen-bond donors (Lipinski definition) is 0. The summed E-state index contributed by atoms with van der Waals surface area (Å²) in [4.78, 5) is 0. The summed E-state index contributed by atoms with van der Waals surface area (Å²) in [5.41, 5.74) is 2.50. The molecular formula is C19H16Br4O2. The third-order valence-corrected chi connectivity index (χ3v) is 7.03. The van der Waals surface area contributed by atoms with E-state index in [1.807, 2.05) is 24.3 Å². The van der Waals surface area contributed by atoms with Crippen LogP contribution < -0.4 is 9.47 Å². The number of rotatable bonds is 4. The molecule has 0 amide bonds. The van der Waals surface area contributed by atoms with Crippen LogP contribution in [-0.2, 0) is 0 Å². The Morgan fingerprint density at radius 3 is 1.28 bits per heavy atom. The Morgan fingerprint density at radius 2 is 1.00 bits per heavy atom. The standard InChI is InChI=1S/C19H16Br4O2/c1-24-12-6-14(20)18(15(21)7-12)10-3-4-11(5-10)19-16(22)8-13(25-2)9-17(19)23/h3-4,6-11H,5H2,1-2H3/t10-,11+. The molecule has 2 aromatic rings. The van der Waals surface area contributed by atoms with Gasteiger partial charge in [-0.05, 0) is 41.8 Å². The molecule has 0 saturated carbocycles. The molecule has 0 spiro atoms. The molecule has 0 radical (unpaired) electrons. The van der Waals surface area contributed by atoms with Crippen LogP contribution in [0.1, 0.15) is 29.4 Å². The molecule has 0 aromatic heterocycles. The highest BCUT2D eigenvalue weighted by Crippen LogP contribution is 2.47. The van der Waals surface area contributed by atoms with Gasteiger partial charge in [-0.25, -0.2) is 0 Å². The summed E-state index contributed by atoms with van der Waals surface area (Å²) in [6, 6.07) is 8.06. The van der Waals surface area contributed by atoms with Crippen molar-refractivity contribution >= 4 is 63.7 Å². The summed E-state index contributed by atoms with van der Waals surface area (Å²) in [6.45, 7) is 0. The first-order valence-electron chi connectivity index (χ1n) is 7.68. The predicted octanol–water partition coefficient (Wildman–Crippen LogP) is 7.58. The topological polar surface area (TPSA) is 18.5 Å². The molecule has 0 saturated heterocycles. The third kappa shape index (κ3) is 4.02. The summed E-state index contributed by atoms with van der Waals surface area (Å²) in [6.07, 6.45) is 5.57. The van der Waals surface area contributed by atoms with Crippen molar-refractivity contribution in [2.45, 2.75) is 18.3 Å². The van der Waals surface area contributed by atoms with E-state index in [4.69, 9.17) is 9.47 Å². The van der Waals surface area contributed by atoms with Crippen LogP contribution in [0.3, 0.4) is 0 Å². The molecule has 0 bridgehead atoms. The van der Waals surface area contributed by atoms with Crippen LogP contribution in [0.5, 0.6) is 11.5 Å². The number of allylic oxidation sites excluding steroid dienone is 2. The van der Waals surface area contributed by atoms with E-state index in [1.165, 1.54) is 11.1 Å². The number of ether oxygens (including phenoxy) is 2. The highest BCUT2D eigenvalue weighted by molar-refractivity contribution is 9.11. The van der Waals surface area contributed by atoms with Crippen molar-refractivity contribution in [3.05, 3.63) is 65.4 Å². The molecule has 2 aromatic carbocycles. The smallest absolute Gasteiger partial charge is 0.121 e. The highest BCUT2D eigenvalue weighted by Gasteiger charge is 2.28. The monoisotopic (exact) mass is 592 g/mol. The highest BCUT2D eigenvalue weighted by atomic mass is 79.9. The van der Waals surface area contributed by atoms with Crippen molar-refractivity contribution in [3.63, 3.8) is 0 Å². The van der Waals surface area contributed by atoms with Gasteiger partial charge in [-0.2, -0.15) is 0 Å². The van der Waals surface area contributed by atoms with Crippen LogP contribution in [-0.4, -0.2) is 14.2 Å². The van der Waals surface area contributed by atoms with Gasteiger partial charge >= 0.3 is 0 Å². The lowest BCUT2D eigenvalue weighted by atomic mass is 9.91. The maximum atomic E-state index is 5.33. The van der Waals surface area contributed by atoms with Crippen LogP contribution in [0.25, 0.3) is 0 Å². The van der Waals surface area contributed by atoms with Crippen molar-refractivity contribution in [1.82, 2.24) is 0 Å². The molecule has 1 aliphatic rings. The maximum absolute atomic E-state index is 5.33. The lowest BCUT2D eigenvalue weighted by Gasteiger charge is -2.19. The van der Waals surface area contributed by atoms with E-state index in [0.29, 0.717) is 11.8 Å². The summed E-state index contributed by atoms with van der Waals surface area (Å²) >= 11 is 14.8. The number of hydrogen-bond acceptors (Lipinski definition) is 2. The average Bonchev–Trinajstić information content (AvgIpc) is 3.02. The van der Waals surface area contributed by atoms with E-state index in [9.17, 15) is 0 Å². The van der Waals surface area contributed by atoms with Crippen molar-refractivity contribution in [2.75, 3.05) is 14.2 Å². The van der Waals surface area contributed by atoms with E-state index < -0.39 is 0 Å². The van der Waals surface area contributed by atoms with Gasteiger partial charge in [0.15, 0.2) is 0 Å². The van der Waals surface area contributed by atoms with Gasteiger partial charge in [0.2, 0.25) is 0 Å². The molecule has 0 heterocycles. The van der Waals surface area contributed by atoms with E-state index in [0.717, 1.165) is 35.8 Å². The zero-order valence-electron chi connectivity index (χ0n) is 13.7. The molecule has 2 nitrogen and oxygen atoms in total. The Labute approximate surface area is 181 Å². The van der Waals surface area contributed by atoms with Crippen molar-refractivity contribution in [1.29, 1.82) is 0 Å². The Bertz CT molecular complexity index is 719. The molecule has 0 fully saturated rings. The molecule has 2 atom stereocenters. The Morgan fingerprint density at radius 1 is 0.680 bits per heavy atom. The van der Waals surface area contributed by atoms with Crippen LogP contribution in [0.15, 0.2) is 54.3 Å². The quantitative estimate of drug-likeness (QED) is 0.339. The van der Waals surface area contributed by atoms with Gasteiger partial charge in [0, 0.05) is 29.7 Å². The van der Waals surface area contributed by atoms with Gasteiger partial charge in [0.1, 0.15) is 11.5 Å². The summed E-state index contributed by atoms with van der Waals surface area (Å²) in [5, 5.41) is 0. The second-order valence-electron chi connectivity index (χ2n) is 5.84. The van der Waals surface area contributed by atoms with E-state index >= 15 is 0 Å². The van der Waals surface area contributed by atoms with Crippen LogP contribution >= 0.6 is 63.7 Å². The minimum absolute atomic E-state index is 0.334. The van der Waals surface area contributed by atoms with Gasteiger partial charge < -0.3 is 9.47 Å². The summed E-state index contributed by atoms with van der Waals surface area (Å²) in [7, 11) is 3.36. The zero-order valence-corrected chi connectivity index (χ0v) is 20.0. The molecule has 1 aliphatic carbocycles. The van der Waals surface area contributed by atoms with Crippen molar-refractivity contribution in [2.24, 2.45) is 0 Å². The molecule has 0 N–H and O–H groups in total. The fraction of sp³-hybridized carbons (Fsp3) is 0.263. The predicted molar refractivity (Wildman–Crippen MR) is 116 cm³/mol. The molecule has 0 aliphatic heterocycles. The largest absolute Gasteiger partial charge is 0.497 e. The zero-order chi connectivity index (χ0) is 18.1. The number of methoxy groups -OCH3 is 2. The molecule has 3 rings (SSSR count).